The van der Waals surface area contributed by atoms with E-state index in [1.807, 2.05) is 17.7 Å². The molecule has 5 rings (SSSR count). The molecule has 148 valence electrons. The molecule has 1 aliphatic rings. The van der Waals surface area contributed by atoms with Crippen molar-refractivity contribution in [1.29, 1.82) is 0 Å². The molecule has 29 heavy (non-hydrogen) atoms. The zero-order chi connectivity index (χ0) is 20.0. The second kappa shape index (κ2) is 7.08. The highest BCUT2D eigenvalue weighted by molar-refractivity contribution is 5.94. The molecule has 0 saturated heterocycles. The van der Waals surface area contributed by atoms with E-state index in [0.29, 0.717) is 11.6 Å². The van der Waals surface area contributed by atoms with Gasteiger partial charge in [-0.1, -0.05) is 24.6 Å². The predicted molar refractivity (Wildman–Crippen MR) is 110 cm³/mol. The van der Waals surface area contributed by atoms with Gasteiger partial charge in [0.05, 0.1) is 17.3 Å². The smallest absolute Gasteiger partial charge is 0.140 e. The number of H-pyrrole nitrogens is 1. The third kappa shape index (κ3) is 3.02. The Bertz CT molecular complexity index is 1160. The van der Waals surface area contributed by atoms with Gasteiger partial charge < -0.3 is 9.67 Å². The number of pyridine rings is 1. The van der Waals surface area contributed by atoms with E-state index in [2.05, 4.69) is 49.6 Å². The van der Waals surface area contributed by atoms with Crippen LogP contribution in [0.15, 0.2) is 42.9 Å². The van der Waals surface area contributed by atoms with Gasteiger partial charge in [-0.25, -0.2) is 0 Å². The Hall–Kier alpha value is -3.06. The van der Waals surface area contributed by atoms with Gasteiger partial charge in [0.1, 0.15) is 17.8 Å². The van der Waals surface area contributed by atoms with Crippen LogP contribution >= 0.6 is 0 Å². The first-order valence-corrected chi connectivity index (χ1v) is 10.1. The molecule has 1 fully saturated rings. The lowest BCUT2D eigenvalue weighted by molar-refractivity contribution is 0.196. The maximum atomic E-state index is 10.0. The van der Waals surface area contributed by atoms with Gasteiger partial charge in [-0.2, -0.15) is 5.10 Å². The van der Waals surface area contributed by atoms with Crippen LogP contribution in [0.1, 0.15) is 55.3 Å². The minimum absolute atomic E-state index is 0.232. The van der Waals surface area contributed by atoms with Gasteiger partial charge in [-0.15, -0.1) is 10.2 Å². The van der Waals surface area contributed by atoms with Crippen LogP contribution in [-0.2, 0) is 7.05 Å². The molecule has 3 heterocycles. The number of aryl methyl sites for hydroxylation is 1. The number of aromatic nitrogens is 6. The summed E-state index contributed by atoms with van der Waals surface area (Å²) < 4.78 is 2.03. The van der Waals surface area contributed by atoms with Gasteiger partial charge in [-0.05, 0) is 43.4 Å². The zero-order valence-electron chi connectivity index (χ0n) is 16.6. The van der Waals surface area contributed by atoms with Crippen LogP contribution in [0.2, 0.25) is 0 Å². The Balaban J connectivity index is 1.61. The molecule has 2 N–H and O–H groups in total. The maximum absolute atomic E-state index is 10.0. The summed E-state index contributed by atoms with van der Waals surface area (Å²) in [5, 5.41) is 27.1. The van der Waals surface area contributed by atoms with E-state index in [-0.39, 0.29) is 5.92 Å². The van der Waals surface area contributed by atoms with E-state index >= 15 is 0 Å². The molecule has 4 aromatic rings. The van der Waals surface area contributed by atoms with E-state index < -0.39 is 6.10 Å². The lowest BCUT2D eigenvalue weighted by Gasteiger charge is -2.33. The van der Waals surface area contributed by atoms with Gasteiger partial charge in [0.15, 0.2) is 0 Å². The fourth-order valence-corrected chi connectivity index (χ4v) is 4.36. The maximum Gasteiger partial charge on any atom is 0.140 e. The highest BCUT2D eigenvalue weighted by atomic mass is 16.3. The Morgan fingerprint density at radius 1 is 1.24 bits per heavy atom. The summed E-state index contributed by atoms with van der Waals surface area (Å²) in [4.78, 5) is 4.31. The Labute approximate surface area is 168 Å². The van der Waals surface area contributed by atoms with Crippen molar-refractivity contribution in [3.8, 4) is 11.3 Å². The molecule has 7 heteroatoms. The van der Waals surface area contributed by atoms with Crippen molar-refractivity contribution in [3.63, 3.8) is 0 Å². The Morgan fingerprint density at radius 3 is 2.79 bits per heavy atom. The van der Waals surface area contributed by atoms with Gasteiger partial charge in [-0.3, -0.25) is 10.1 Å². The van der Waals surface area contributed by atoms with Crippen molar-refractivity contribution < 1.29 is 5.11 Å². The Kier molecular flexibility index (Phi) is 4.39. The molecule has 0 amide bonds. The van der Waals surface area contributed by atoms with Crippen molar-refractivity contribution in [2.45, 2.75) is 38.2 Å². The summed E-state index contributed by atoms with van der Waals surface area (Å²) in [6.45, 7) is 1.72. The van der Waals surface area contributed by atoms with E-state index in [9.17, 15) is 5.11 Å². The number of aromatic amines is 1. The van der Waals surface area contributed by atoms with Crippen LogP contribution in [0.4, 0.5) is 0 Å². The van der Waals surface area contributed by atoms with Crippen molar-refractivity contribution in [2.24, 2.45) is 13.0 Å². The second-order valence-electron chi connectivity index (χ2n) is 7.96. The molecule has 1 unspecified atom stereocenters. The zero-order valence-corrected chi connectivity index (χ0v) is 16.6. The number of rotatable bonds is 5. The molecule has 3 aromatic heterocycles. The van der Waals surface area contributed by atoms with Crippen molar-refractivity contribution in [3.05, 3.63) is 59.9 Å². The summed E-state index contributed by atoms with van der Waals surface area (Å²) >= 11 is 0. The van der Waals surface area contributed by atoms with Gasteiger partial charge >= 0.3 is 0 Å². The second-order valence-corrected chi connectivity index (χ2v) is 7.96. The van der Waals surface area contributed by atoms with Crippen LogP contribution in [0.3, 0.4) is 0 Å². The topological polar surface area (TPSA) is 92.5 Å². The molecule has 0 spiro atoms. The van der Waals surface area contributed by atoms with E-state index in [4.69, 9.17) is 0 Å². The van der Waals surface area contributed by atoms with Gasteiger partial charge in [0.2, 0.25) is 0 Å². The minimum atomic E-state index is -0.655. The summed E-state index contributed by atoms with van der Waals surface area (Å²) in [7, 11) is 2.01. The van der Waals surface area contributed by atoms with Crippen LogP contribution in [0.5, 0.6) is 0 Å². The fourth-order valence-electron chi connectivity index (χ4n) is 4.36. The highest BCUT2D eigenvalue weighted by Crippen LogP contribution is 2.43. The summed E-state index contributed by atoms with van der Waals surface area (Å²) in [6.07, 6.45) is 6.56. The number of hydrogen-bond donors (Lipinski definition) is 2. The first kappa shape index (κ1) is 18.0. The van der Waals surface area contributed by atoms with E-state index in [0.717, 1.165) is 28.0 Å². The van der Waals surface area contributed by atoms with E-state index in [1.165, 1.54) is 24.8 Å². The average molecular weight is 388 g/mol. The molecular weight excluding hydrogens is 364 g/mol. The van der Waals surface area contributed by atoms with Gasteiger partial charge in [0, 0.05) is 30.1 Å². The standard InChI is InChI=1S/C22H24N6O/c1-13(29)19-21-17(9-10-23-19)20(25-26-21)16-8-4-7-15(11-16)18(14-5-3-6-14)22-27-24-12-28(22)2/h4,7-14,18,29H,3,5-6H2,1-2H3,(H,25,26)/t13?,18-/m1/s1. The quantitative estimate of drug-likeness (QED) is 0.543. The van der Waals surface area contributed by atoms with Crippen LogP contribution < -0.4 is 0 Å². The first-order chi connectivity index (χ1) is 14.1. The SMILES string of the molecule is CC(O)c1nccc2c(-c3cccc([C@H](c4nncn4C)C4CCC4)c3)n[nH]c12. The summed E-state index contributed by atoms with van der Waals surface area (Å²) in [6, 6.07) is 10.5. The Morgan fingerprint density at radius 2 is 2.10 bits per heavy atom. The molecule has 1 saturated carbocycles. The van der Waals surface area contributed by atoms with E-state index in [1.54, 1.807) is 19.4 Å². The number of benzene rings is 1. The molecular formula is C22H24N6O. The number of nitrogens with one attached hydrogen (secondary N) is 1. The van der Waals surface area contributed by atoms with Gasteiger partial charge in [0.25, 0.3) is 0 Å². The average Bonchev–Trinajstić information content (AvgIpc) is 3.30. The molecule has 1 aliphatic carbocycles. The number of nitrogens with zero attached hydrogens (tertiary/aromatic N) is 5. The lowest BCUT2D eigenvalue weighted by atomic mass is 9.72. The first-order valence-electron chi connectivity index (χ1n) is 10.1. The number of aliphatic hydroxyl groups is 1. The number of fused-ring (bicyclic) bond motifs is 1. The van der Waals surface area contributed by atoms with Crippen molar-refractivity contribution >= 4 is 10.9 Å². The third-order valence-electron chi connectivity index (χ3n) is 6.08. The minimum Gasteiger partial charge on any atom is -0.387 e. The van der Waals surface area contributed by atoms with Crippen LogP contribution in [0, 0.1) is 5.92 Å². The molecule has 2 atom stereocenters. The molecule has 1 aromatic carbocycles. The largest absolute Gasteiger partial charge is 0.387 e. The summed E-state index contributed by atoms with van der Waals surface area (Å²) in [5.41, 5.74) is 4.55. The molecule has 0 radical (unpaired) electrons. The van der Waals surface area contributed by atoms with Crippen molar-refractivity contribution in [2.75, 3.05) is 0 Å². The molecule has 0 bridgehead atoms. The number of hydrogen-bond acceptors (Lipinski definition) is 5. The van der Waals surface area contributed by atoms with Crippen LogP contribution in [-0.4, -0.2) is 35.1 Å². The normalized spacial score (nSPS) is 16.7. The summed E-state index contributed by atoms with van der Waals surface area (Å²) in [5.74, 6) is 1.84. The third-order valence-corrected chi connectivity index (χ3v) is 6.08. The monoisotopic (exact) mass is 388 g/mol. The molecule has 7 nitrogen and oxygen atoms in total. The predicted octanol–water partition coefficient (Wildman–Crippen LogP) is 3.74. The number of aliphatic hydroxyl groups excluding tert-OH is 1. The fraction of sp³-hybridized carbons (Fsp3) is 0.364. The lowest BCUT2D eigenvalue weighted by Crippen LogP contribution is -2.23. The van der Waals surface area contributed by atoms with Crippen LogP contribution in [0.25, 0.3) is 22.2 Å². The highest BCUT2D eigenvalue weighted by Gasteiger charge is 2.33. The van der Waals surface area contributed by atoms with Crippen molar-refractivity contribution in [1.82, 2.24) is 29.9 Å². The molecule has 0 aliphatic heterocycles.